The second-order valence-electron chi connectivity index (χ2n) is 4.90. The molecule has 8 nitrogen and oxygen atoms in total. The first kappa shape index (κ1) is 20.9. The summed E-state index contributed by atoms with van der Waals surface area (Å²) in [5.41, 5.74) is 0. The predicted octanol–water partition coefficient (Wildman–Crippen LogP) is 1.15. The zero-order valence-corrected chi connectivity index (χ0v) is 14.0. The quantitative estimate of drug-likeness (QED) is 0.333. The summed E-state index contributed by atoms with van der Waals surface area (Å²) in [6.07, 6.45) is 0.0303. The van der Waals surface area contributed by atoms with Crippen LogP contribution in [0.15, 0.2) is 0 Å². The number of unbranched alkanes of at least 4 members (excludes halogenated alkanes) is 2. The first-order chi connectivity index (χ1) is 10.7. The molecule has 23 heavy (non-hydrogen) atoms. The van der Waals surface area contributed by atoms with E-state index in [9.17, 15) is 19.2 Å². The highest BCUT2D eigenvalue weighted by atomic mass is 16.6. The molecule has 0 fully saturated rings. The molecule has 0 spiro atoms. The van der Waals surface area contributed by atoms with Crippen LogP contribution in [0.5, 0.6) is 0 Å². The maximum absolute atomic E-state index is 11.4. The highest BCUT2D eigenvalue weighted by molar-refractivity contribution is 5.78. The number of hydrogen-bond acceptors (Lipinski definition) is 8. The maximum atomic E-state index is 11.4. The maximum Gasteiger partial charge on any atom is 0.347 e. The Morgan fingerprint density at radius 1 is 0.696 bits per heavy atom. The molecule has 0 bridgehead atoms. The molecule has 8 heteroatoms. The van der Waals surface area contributed by atoms with Gasteiger partial charge in [0.05, 0.1) is 13.2 Å². The molecule has 0 radical (unpaired) electrons. The highest BCUT2D eigenvalue weighted by Crippen LogP contribution is 2.02. The molecule has 0 saturated heterocycles. The van der Waals surface area contributed by atoms with Crippen molar-refractivity contribution in [1.29, 1.82) is 0 Å². The van der Waals surface area contributed by atoms with E-state index in [0.717, 1.165) is 0 Å². The SMILES string of the molecule is CC(=O)O[C@@H](C)C(=O)OCCCCCOC(=O)[C@H](C)OC(C)=O. The van der Waals surface area contributed by atoms with Crippen LogP contribution in [-0.4, -0.2) is 49.3 Å². The van der Waals surface area contributed by atoms with Crippen molar-refractivity contribution in [3.8, 4) is 0 Å². The van der Waals surface area contributed by atoms with Crippen LogP contribution in [-0.2, 0) is 38.1 Å². The van der Waals surface area contributed by atoms with Crippen molar-refractivity contribution in [2.75, 3.05) is 13.2 Å². The van der Waals surface area contributed by atoms with Gasteiger partial charge in [-0.05, 0) is 33.1 Å². The number of hydrogen-bond donors (Lipinski definition) is 0. The van der Waals surface area contributed by atoms with Crippen molar-refractivity contribution in [3.05, 3.63) is 0 Å². The summed E-state index contributed by atoms with van der Waals surface area (Å²) >= 11 is 0. The first-order valence-electron chi connectivity index (χ1n) is 7.41. The van der Waals surface area contributed by atoms with Crippen LogP contribution in [0.3, 0.4) is 0 Å². The van der Waals surface area contributed by atoms with Crippen LogP contribution >= 0.6 is 0 Å². The molecule has 0 rings (SSSR count). The van der Waals surface area contributed by atoms with Crippen molar-refractivity contribution in [2.45, 2.75) is 59.2 Å². The zero-order chi connectivity index (χ0) is 17.8. The third kappa shape index (κ3) is 11.1. The van der Waals surface area contributed by atoms with E-state index in [4.69, 9.17) is 9.47 Å². The van der Waals surface area contributed by atoms with E-state index in [-0.39, 0.29) is 13.2 Å². The third-order valence-corrected chi connectivity index (χ3v) is 2.63. The molecular weight excluding hydrogens is 308 g/mol. The van der Waals surface area contributed by atoms with E-state index < -0.39 is 36.1 Å². The molecule has 2 atom stereocenters. The van der Waals surface area contributed by atoms with Gasteiger partial charge in [-0.25, -0.2) is 9.59 Å². The van der Waals surface area contributed by atoms with Gasteiger partial charge in [-0.15, -0.1) is 0 Å². The topological polar surface area (TPSA) is 105 Å². The fourth-order valence-corrected chi connectivity index (χ4v) is 1.56. The molecular formula is C15H24O8. The molecule has 0 aromatic heterocycles. The molecule has 0 heterocycles. The monoisotopic (exact) mass is 332 g/mol. The molecule has 0 amide bonds. The van der Waals surface area contributed by atoms with Gasteiger partial charge in [-0.1, -0.05) is 0 Å². The molecule has 0 N–H and O–H groups in total. The molecule has 0 unspecified atom stereocenters. The Morgan fingerprint density at radius 3 is 1.35 bits per heavy atom. The Morgan fingerprint density at radius 2 is 1.04 bits per heavy atom. The lowest BCUT2D eigenvalue weighted by atomic mass is 10.2. The van der Waals surface area contributed by atoms with Crippen molar-refractivity contribution in [3.63, 3.8) is 0 Å². The lowest BCUT2D eigenvalue weighted by Crippen LogP contribution is -2.26. The number of carbonyl (C=O) groups excluding carboxylic acids is 4. The normalized spacial score (nSPS) is 12.7. The second-order valence-corrected chi connectivity index (χ2v) is 4.90. The lowest BCUT2D eigenvalue weighted by molar-refractivity contribution is -0.165. The van der Waals surface area contributed by atoms with Gasteiger partial charge in [0.25, 0.3) is 0 Å². The minimum atomic E-state index is -0.920. The Kier molecular flexibility index (Phi) is 10.4. The Bertz CT molecular complexity index is 380. The van der Waals surface area contributed by atoms with Crippen molar-refractivity contribution in [2.24, 2.45) is 0 Å². The summed E-state index contributed by atoms with van der Waals surface area (Å²) in [6, 6.07) is 0. The van der Waals surface area contributed by atoms with E-state index in [2.05, 4.69) is 9.47 Å². The Hall–Kier alpha value is -2.12. The van der Waals surface area contributed by atoms with Crippen LogP contribution in [0.1, 0.15) is 47.0 Å². The Labute approximate surface area is 135 Å². The van der Waals surface area contributed by atoms with Gasteiger partial charge in [0.1, 0.15) is 0 Å². The second kappa shape index (κ2) is 11.4. The summed E-state index contributed by atoms with van der Waals surface area (Å²) in [4.78, 5) is 44.2. The number of esters is 4. The van der Waals surface area contributed by atoms with Crippen molar-refractivity contribution in [1.82, 2.24) is 0 Å². The summed E-state index contributed by atoms with van der Waals surface area (Å²) < 4.78 is 19.2. The van der Waals surface area contributed by atoms with Crippen molar-refractivity contribution < 1.29 is 38.1 Å². The zero-order valence-electron chi connectivity index (χ0n) is 14.0. The highest BCUT2D eigenvalue weighted by Gasteiger charge is 2.18. The van der Waals surface area contributed by atoms with Crippen LogP contribution < -0.4 is 0 Å². The van der Waals surface area contributed by atoms with E-state index >= 15 is 0 Å². The third-order valence-electron chi connectivity index (χ3n) is 2.63. The van der Waals surface area contributed by atoms with Gasteiger partial charge in [0.15, 0.2) is 12.2 Å². The molecule has 0 aliphatic carbocycles. The number of carbonyl (C=O) groups is 4. The molecule has 0 aromatic carbocycles. The summed E-state index contributed by atoms with van der Waals surface area (Å²) in [5, 5.41) is 0. The van der Waals surface area contributed by atoms with Crippen LogP contribution in [0.4, 0.5) is 0 Å². The number of rotatable bonds is 10. The minimum absolute atomic E-state index is 0.197. The molecule has 132 valence electrons. The average Bonchev–Trinajstić information content (AvgIpc) is 2.44. The van der Waals surface area contributed by atoms with Gasteiger partial charge in [-0.3, -0.25) is 9.59 Å². The smallest absolute Gasteiger partial charge is 0.347 e. The fourth-order valence-electron chi connectivity index (χ4n) is 1.56. The minimum Gasteiger partial charge on any atom is -0.463 e. The first-order valence-corrected chi connectivity index (χ1v) is 7.41. The fraction of sp³-hybridized carbons (Fsp3) is 0.733. The van der Waals surface area contributed by atoms with E-state index in [1.54, 1.807) is 0 Å². The summed E-state index contributed by atoms with van der Waals surface area (Å²) in [5.74, 6) is -2.28. The number of ether oxygens (including phenoxy) is 4. The van der Waals surface area contributed by atoms with Crippen LogP contribution in [0.25, 0.3) is 0 Å². The van der Waals surface area contributed by atoms with Gasteiger partial charge in [-0.2, -0.15) is 0 Å². The molecule has 0 aromatic rings. The van der Waals surface area contributed by atoms with Gasteiger partial charge in [0, 0.05) is 13.8 Å². The molecule has 0 aliphatic heterocycles. The summed E-state index contributed by atoms with van der Waals surface area (Å²) in [6.45, 7) is 5.70. The Balaban J connectivity index is 3.63. The lowest BCUT2D eigenvalue weighted by Gasteiger charge is -2.12. The van der Waals surface area contributed by atoms with Crippen LogP contribution in [0.2, 0.25) is 0 Å². The van der Waals surface area contributed by atoms with Crippen LogP contribution in [0, 0.1) is 0 Å². The predicted molar refractivity (Wildman–Crippen MR) is 78.2 cm³/mol. The van der Waals surface area contributed by atoms with Gasteiger partial charge in [0.2, 0.25) is 0 Å². The largest absolute Gasteiger partial charge is 0.463 e. The van der Waals surface area contributed by atoms with Gasteiger partial charge < -0.3 is 18.9 Å². The van der Waals surface area contributed by atoms with Crippen molar-refractivity contribution >= 4 is 23.9 Å². The standard InChI is InChI=1S/C15H24O8/c1-10(22-12(3)16)14(18)20-8-6-5-7-9-21-15(19)11(2)23-13(4)17/h10-11H,5-9H2,1-4H3/t10-,11-/m0/s1. The average molecular weight is 332 g/mol. The van der Waals surface area contributed by atoms with Gasteiger partial charge >= 0.3 is 23.9 Å². The molecule has 0 saturated carbocycles. The molecule has 0 aliphatic rings. The van der Waals surface area contributed by atoms with E-state index in [0.29, 0.717) is 19.3 Å². The van der Waals surface area contributed by atoms with E-state index in [1.165, 1.54) is 27.7 Å². The summed E-state index contributed by atoms with van der Waals surface area (Å²) in [7, 11) is 0. The van der Waals surface area contributed by atoms with E-state index in [1.807, 2.05) is 0 Å².